The molecule has 1 N–H and O–H groups in total. The van der Waals surface area contributed by atoms with Crippen molar-refractivity contribution in [3.05, 3.63) is 65.1 Å². The maximum absolute atomic E-state index is 12.1. The molecule has 0 spiro atoms. The topological polar surface area (TPSA) is 93.6 Å². The SMILES string of the molecule is COC1=CC(=O)c2nc(-c3cccc(C(=O)O)c3)ccc2C1=O. The Bertz CT molecular complexity index is 882. The summed E-state index contributed by atoms with van der Waals surface area (Å²) in [5, 5.41) is 9.04. The van der Waals surface area contributed by atoms with Gasteiger partial charge in [0.1, 0.15) is 5.69 Å². The summed E-state index contributed by atoms with van der Waals surface area (Å²) in [6, 6.07) is 9.28. The minimum absolute atomic E-state index is 0.0232. The van der Waals surface area contributed by atoms with Gasteiger partial charge in [-0.2, -0.15) is 0 Å². The van der Waals surface area contributed by atoms with Crippen LogP contribution in [0.2, 0.25) is 0 Å². The van der Waals surface area contributed by atoms with E-state index in [1.165, 1.54) is 25.3 Å². The van der Waals surface area contributed by atoms with Gasteiger partial charge in [-0.1, -0.05) is 12.1 Å². The first kappa shape index (κ1) is 14.6. The summed E-state index contributed by atoms with van der Waals surface area (Å²) in [5.41, 5.74) is 1.30. The van der Waals surface area contributed by atoms with E-state index in [1.807, 2.05) is 0 Å². The molecule has 3 rings (SSSR count). The lowest BCUT2D eigenvalue weighted by Gasteiger charge is -2.14. The van der Waals surface area contributed by atoms with Crippen LogP contribution in [0, 0.1) is 0 Å². The Morgan fingerprint density at radius 2 is 1.96 bits per heavy atom. The number of carbonyl (C=O) groups excluding carboxylic acids is 2. The molecule has 1 aliphatic rings. The van der Waals surface area contributed by atoms with Crippen LogP contribution in [-0.2, 0) is 4.74 Å². The van der Waals surface area contributed by atoms with Crippen molar-refractivity contribution in [3.8, 4) is 11.3 Å². The van der Waals surface area contributed by atoms with Gasteiger partial charge in [0.2, 0.25) is 11.6 Å². The number of nitrogens with zero attached hydrogens (tertiary/aromatic N) is 1. The number of allylic oxidation sites excluding steroid dienone is 2. The number of pyridine rings is 1. The highest BCUT2D eigenvalue weighted by Crippen LogP contribution is 2.25. The fourth-order valence-corrected chi connectivity index (χ4v) is 2.34. The highest BCUT2D eigenvalue weighted by atomic mass is 16.5. The second-order valence-electron chi connectivity index (χ2n) is 4.88. The molecule has 6 heteroatoms. The Balaban J connectivity index is 2.09. The molecule has 1 aromatic carbocycles. The van der Waals surface area contributed by atoms with E-state index in [0.717, 1.165) is 6.08 Å². The number of carboxylic acids is 1. The molecule has 1 heterocycles. The molecule has 0 aliphatic heterocycles. The van der Waals surface area contributed by atoms with Gasteiger partial charge in [-0.15, -0.1) is 0 Å². The minimum Gasteiger partial charge on any atom is -0.492 e. The number of ketones is 2. The number of aromatic nitrogens is 1. The van der Waals surface area contributed by atoms with Gasteiger partial charge >= 0.3 is 5.97 Å². The van der Waals surface area contributed by atoms with Gasteiger partial charge in [-0.3, -0.25) is 9.59 Å². The van der Waals surface area contributed by atoms with Crippen LogP contribution >= 0.6 is 0 Å². The number of Topliss-reactive ketones (excluding diaryl/α,β-unsaturated/α-hetero) is 1. The summed E-state index contributed by atoms with van der Waals surface area (Å²) in [4.78, 5) is 39.5. The number of carboxylic acid groups (broad SMARTS) is 1. The summed E-state index contributed by atoms with van der Waals surface area (Å²) >= 11 is 0. The summed E-state index contributed by atoms with van der Waals surface area (Å²) in [6.07, 6.45) is 1.11. The van der Waals surface area contributed by atoms with E-state index in [-0.39, 0.29) is 22.6 Å². The van der Waals surface area contributed by atoms with Crippen molar-refractivity contribution in [2.45, 2.75) is 0 Å². The third kappa shape index (κ3) is 2.50. The molecule has 2 aromatic rings. The fraction of sp³-hybridized carbons (Fsp3) is 0.0588. The van der Waals surface area contributed by atoms with Crippen LogP contribution in [0.15, 0.2) is 48.2 Å². The van der Waals surface area contributed by atoms with Gasteiger partial charge in [0, 0.05) is 11.6 Å². The zero-order chi connectivity index (χ0) is 16.6. The molecule has 114 valence electrons. The highest BCUT2D eigenvalue weighted by Gasteiger charge is 2.28. The first-order chi connectivity index (χ1) is 11.0. The van der Waals surface area contributed by atoms with E-state index >= 15 is 0 Å². The van der Waals surface area contributed by atoms with E-state index < -0.39 is 17.5 Å². The molecule has 0 amide bonds. The standard InChI is InChI=1S/C17H11NO5/c1-23-14-8-13(19)15-11(16(14)20)5-6-12(18-15)9-3-2-4-10(7-9)17(21)22/h2-8H,1H3,(H,21,22). The molecule has 1 aliphatic carbocycles. The van der Waals surface area contributed by atoms with Crippen LogP contribution in [0.1, 0.15) is 31.2 Å². The monoisotopic (exact) mass is 309 g/mol. The summed E-state index contributed by atoms with van der Waals surface area (Å²) < 4.78 is 4.89. The normalized spacial score (nSPS) is 13.3. The van der Waals surface area contributed by atoms with Gasteiger partial charge in [0.25, 0.3) is 0 Å². The van der Waals surface area contributed by atoms with Crippen molar-refractivity contribution in [1.82, 2.24) is 4.98 Å². The Labute approximate surface area is 131 Å². The maximum Gasteiger partial charge on any atom is 0.335 e. The third-order valence-electron chi connectivity index (χ3n) is 3.48. The summed E-state index contributed by atoms with van der Waals surface area (Å²) in [5.74, 6) is -1.90. The third-order valence-corrected chi connectivity index (χ3v) is 3.48. The number of hydrogen-bond donors (Lipinski definition) is 1. The van der Waals surface area contributed by atoms with Crippen molar-refractivity contribution in [1.29, 1.82) is 0 Å². The van der Waals surface area contributed by atoms with E-state index in [4.69, 9.17) is 9.84 Å². The molecule has 23 heavy (non-hydrogen) atoms. The number of carbonyl (C=O) groups is 3. The van der Waals surface area contributed by atoms with Crippen LogP contribution in [0.5, 0.6) is 0 Å². The number of ether oxygens (including phenoxy) is 1. The van der Waals surface area contributed by atoms with Gasteiger partial charge in [0.05, 0.1) is 23.9 Å². The Hall–Kier alpha value is -3.28. The van der Waals surface area contributed by atoms with Crippen molar-refractivity contribution in [2.24, 2.45) is 0 Å². The van der Waals surface area contributed by atoms with Crippen LogP contribution in [0.3, 0.4) is 0 Å². The van der Waals surface area contributed by atoms with Gasteiger partial charge in [-0.05, 0) is 24.3 Å². The minimum atomic E-state index is -1.05. The highest BCUT2D eigenvalue weighted by molar-refractivity contribution is 6.23. The van der Waals surface area contributed by atoms with Crippen LogP contribution in [0.4, 0.5) is 0 Å². The lowest BCUT2D eigenvalue weighted by atomic mass is 9.97. The maximum atomic E-state index is 12.1. The van der Waals surface area contributed by atoms with Crippen molar-refractivity contribution in [2.75, 3.05) is 7.11 Å². The number of rotatable bonds is 3. The largest absolute Gasteiger partial charge is 0.492 e. The fourth-order valence-electron chi connectivity index (χ4n) is 2.34. The molecule has 0 bridgehead atoms. The van der Waals surface area contributed by atoms with E-state index in [0.29, 0.717) is 11.3 Å². The quantitative estimate of drug-likeness (QED) is 0.935. The Kier molecular flexibility index (Phi) is 3.50. The van der Waals surface area contributed by atoms with Gasteiger partial charge < -0.3 is 9.84 Å². The average Bonchev–Trinajstić information content (AvgIpc) is 2.57. The second kappa shape index (κ2) is 5.49. The summed E-state index contributed by atoms with van der Waals surface area (Å²) in [6.45, 7) is 0. The molecule has 0 saturated heterocycles. The number of aromatic carboxylic acids is 1. The molecule has 6 nitrogen and oxygen atoms in total. The van der Waals surface area contributed by atoms with Crippen LogP contribution < -0.4 is 0 Å². The molecule has 0 atom stereocenters. The molecule has 0 saturated carbocycles. The number of hydrogen-bond acceptors (Lipinski definition) is 5. The molecule has 0 unspecified atom stereocenters. The molecule has 1 aromatic heterocycles. The van der Waals surface area contributed by atoms with Crippen molar-refractivity contribution >= 4 is 17.5 Å². The zero-order valence-electron chi connectivity index (χ0n) is 12.1. The van der Waals surface area contributed by atoms with Crippen molar-refractivity contribution < 1.29 is 24.2 Å². The van der Waals surface area contributed by atoms with E-state index in [1.54, 1.807) is 18.2 Å². The lowest BCUT2D eigenvalue weighted by Crippen LogP contribution is -2.19. The van der Waals surface area contributed by atoms with Crippen LogP contribution in [0.25, 0.3) is 11.3 Å². The lowest BCUT2D eigenvalue weighted by molar-refractivity contribution is 0.0696. The summed E-state index contributed by atoms with van der Waals surface area (Å²) in [7, 11) is 1.32. The molecule has 0 fully saturated rings. The number of fused-ring (bicyclic) bond motifs is 1. The molecular weight excluding hydrogens is 298 g/mol. The number of methoxy groups -OCH3 is 1. The van der Waals surface area contributed by atoms with E-state index in [2.05, 4.69) is 4.98 Å². The molecular formula is C17H11NO5. The first-order valence-electron chi connectivity index (χ1n) is 6.70. The van der Waals surface area contributed by atoms with Gasteiger partial charge in [0.15, 0.2) is 5.76 Å². The van der Waals surface area contributed by atoms with E-state index in [9.17, 15) is 14.4 Å². The van der Waals surface area contributed by atoms with Gasteiger partial charge in [-0.25, -0.2) is 9.78 Å². The Morgan fingerprint density at radius 1 is 1.17 bits per heavy atom. The zero-order valence-corrected chi connectivity index (χ0v) is 12.1. The van der Waals surface area contributed by atoms with Crippen molar-refractivity contribution in [3.63, 3.8) is 0 Å². The predicted octanol–water partition coefficient (Wildman–Crippen LogP) is 2.36. The average molecular weight is 309 g/mol. The Morgan fingerprint density at radius 3 is 2.65 bits per heavy atom. The first-order valence-corrected chi connectivity index (χ1v) is 6.70. The molecule has 0 radical (unpaired) electrons. The second-order valence-corrected chi connectivity index (χ2v) is 4.88. The predicted molar refractivity (Wildman–Crippen MR) is 80.4 cm³/mol. The van der Waals surface area contributed by atoms with Crippen LogP contribution in [-0.4, -0.2) is 34.7 Å². The smallest absolute Gasteiger partial charge is 0.335 e. The number of benzene rings is 1.